The molecule has 0 saturated carbocycles. The van der Waals surface area contributed by atoms with Crippen LogP contribution in [0.1, 0.15) is 22.5 Å². The Morgan fingerprint density at radius 2 is 2.22 bits per heavy atom. The maximum Gasteiger partial charge on any atom is 0.170 e. The Morgan fingerprint density at radius 1 is 1.44 bits per heavy atom. The van der Waals surface area contributed by atoms with Gasteiger partial charge in [0.15, 0.2) is 5.78 Å². The molecule has 5 heteroatoms. The number of Topliss-reactive ketones (excluding diaryl/α,β-unsaturated/α-hetero) is 1. The van der Waals surface area contributed by atoms with E-state index in [-0.39, 0.29) is 11.7 Å². The summed E-state index contributed by atoms with van der Waals surface area (Å²) in [5, 5.41) is 4.19. The van der Waals surface area contributed by atoms with Crippen LogP contribution in [0.3, 0.4) is 0 Å². The lowest BCUT2D eigenvalue weighted by molar-refractivity contribution is 0.0291. The van der Waals surface area contributed by atoms with E-state index >= 15 is 0 Å². The summed E-state index contributed by atoms with van der Waals surface area (Å²) in [6, 6.07) is 0. The lowest BCUT2D eigenvalue weighted by Crippen LogP contribution is -2.42. The minimum Gasteiger partial charge on any atom is -0.379 e. The Bertz CT molecular complexity index is 449. The number of hydrogen-bond acceptors (Lipinski definition) is 4. The van der Waals surface area contributed by atoms with Gasteiger partial charge >= 0.3 is 0 Å². The highest BCUT2D eigenvalue weighted by molar-refractivity contribution is 5.99. The molecule has 0 amide bonds. The third-order valence-electron chi connectivity index (χ3n) is 4.01. The maximum absolute atomic E-state index is 12.4. The zero-order chi connectivity index (χ0) is 12.5. The van der Waals surface area contributed by atoms with Crippen molar-refractivity contribution in [3.63, 3.8) is 0 Å². The summed E-state index contributed by atoms with van der Waals surface area (Å²) in [7, 11) is 1.91. The molecule has 1 aromatic heterocycles. The molecule has 1 saturated heterocycles. The van der Waals surface area contributed by atoms with Crippen molar-refractivity contribution < 1.29 is 9.53 Å². The van der Waals surface area contributed by atoms with E-state index in [0.717, 1.165) is 56.9 Å². The molecule has 1 aliphatic carbocycles. The molecule has 0 spiro atoms. The molecule has 1 aromatic rings. The first kappa shape index (κ1) is 11.9. The van der Waals surface area contributed by atoms with E-state index in [1.165, 1.54) is 0 Å². The van der Waals surface area contributed by atoms with Crippen LogP contribution in [-0.4, -0.2) is 53.3 Å². The molecule has 98 valence electrons. The van der Waals surface area contributed by atoms with Gasteiger partial charge in [0.25, 0.3) is 0 Å². The normalized spacial score (nSPS) is 25.2. The monoisotopic (exact) mass is 249 g/mol. The lowest BCUT2D eigenvalue weighted by atomic mass is 9.86. The van der Waals surface area contributed by atoms with Crippen molar-refractivity contribution in [2.24, 2.45) is 13.0 Å². The van der Waals surface area contributed by atoms with Gasteiger partial charge in [0.2, 0.25) is 0 Å². The summed E-state index contributed by atoms with van der Waals surface area (Å²) in [6.45, 7) is 4.35. The number of carbonyl (C=O) groups is 1. The third-order valence-corrected chi connectivity index (χ3v) is 4.01. The molecule has 0 aromatic carbocycles. The number of ketones is 1. The highest BCUT2D eigenvalue weighted by atomic mass is 16.5. The second-order valence-corrected chi connectivity index (χ2v) is 5.14. The average Bonchev–Trinajstić information content (AvgIpc) is 2.77. The van der Waals surface area contributed by atoms with Gasteiger partial charge in [-0.3, -0.25) is 14.4 Å². The quantitative estimate of drug-likeness (QED) is 0.765. The first-order chi connectivity index (χ1) is 8.75. The summed E-state index contributed by atoms with van der Waals surface area (Å²) in [5.74, 6) is 0.413. The Hall–Kier alpha value is -1.20. The van der Waals surface area contributed by atoms with Crippen molar-refractivity contribution in [1.29, 1.82) is 0 Å². The predicted octanol–water partition coefficient (Wildman–Crippen LogP) is 0.497. The van der Waals surface area contributed by atoms with E-state index in [1.807, 2.05) is 11.7 Å². The maximum atomic E-state index is 12.4. The molecule has 2 aliphatic rings. The zero-order valence-corrected chi connectivity index (χ0v) is 10.8. The smallest absolute Gasteiger partial charge is 0.170 e. The predicted molar refractivity (Wildman–Crippen MR) is 66.6 cm³/mol. The minimum absolute atomic E-state index is 0.139. The molecule has 1 atom stereocenters. The van der Waals surface area contributed by atoms with E-state index in [9.17, 15) is 4.79 Å². The third kappa shape index (κ3) is 2.08. The van der Waals surface area contributed by atoms with Crippen molar-refractivity contribution in [3.05, 3.63) is 17.5 Å². The van der Waals surface area contributed by atoms with Crippen molar-refractivity contribution >= 4 is 5.78 Å². The highest BCUT2D eigenvalue weighted by Crippen LogP contribution is 2.25. The average molecular weight is 249 g/mol. The van der Waals surface area contributed by atoms with E-state index in [2.05, 4.69) is 10.00 Å². The van der Waals surface area contributed by atoms with Gasteiger partial charge in [-0.15, -0.1) is 0 Å². The van der Waals surface area contributed by atoms with E-state index < -0.39 is 0 Å². The fourth-order valence-electron chi connectivity index (χ4n) is 2.90. The number of aryl methyl sites for hydroxylation is 1. The summed E-state index contributed by atoms with van der Waals surface area (Å²) < 4.78 is 7.17. The summed E-state index contributed by atoms with van der Waals surface area (Å²) in [6.07, 6.45) is 3.64. The molecular weight excluding hydrogens is 230 g/mol. The summed E-state index contributed by atoms with van der Waals surface area (Å²) in [5.41, 5.74) is 1.93. The van der Waals surface area contributed by atoms with Crippen LogP contribution >= 0.6 is 0 Å². The zero-order valence-electron chi connectivity index (χ0n) is 10.8. The SMILES string of the molecule is Cn1ncc2c1CCC(CN1CCOCC1)C2=O. The Balaban J connectivity index is 1.70. The van der Waals surface area contributed by atoms with Crippen molar-refractivity contribution in [2.75, 3.05) is 32.8 Å². The molecule has 3 rings (SSSR count). The molecular formula is C13H19N3O2. The van der Waals surface area contributed by atoms with Crippen molar-refractivity contribution in [1.82, 2.24) is 14.7 Å². The van der Waals surface area contributed by atoms with E-state index in [0.29, 0.717) is 0 Å². The van der Waals surface area contributed by atoms with Crippen LogP contribution in [-0.2, 0) is 18.2 Å². The van der Waals surface area contributed by atoms with Gasteiger partial charge in [0.1, 0.15) is 0 Å². The lowest BCUT2D eigenvalue weighted by Gasteiger charge is -2.31. The van der Waals surface area contributed by atoms with Gasteiger partial charge in [-0.1, -0.05) is 0 Å². The number of aromatic nitrogens is 2. The van der Waals surface area contributed by atoms with Crippen LogP contribution in [0, 0.1) is 5.92 Å². The van der Waals surface area contributed by atoms with Crippen LogP contribution in [0.4, 0.5) is 0 Å². The molecule has 0 radical (unpaired) electrons. The number of carbonyl (C=O) groups excluding carboxylic acids is 1. The molecule has 0 bridgehead atoms. The summed E-state index contributed by atoms with van der Waals surface area (Å²) in [4.78, 5) is 14.7. The van der Waals surface area contributed by atoms with Gasteiger partial charge in [-0.25, -0.2) is 0 Å². The van der Waals surface area contributed by atoms with Crippen LogP contribution in [0.2, 0.25) is 0 Å². The van der Waals surface area contributed by atoms with Crippen molar-refractivity contribution in [2.45, 2.75) is 12.8 Å². The van der Waals surface area contributed by atoms with Gasteiger partial charge in [0, 0.05) is 38.3 Å². The van der Waals surface area contributed by atoms with Gasteiger partial charge < -0.3 is 4.74 Å². The molecule has 1 aliphatic heterocycles. The topological polar surface area (TPSA) is 47.4 Å². The van der Waals surface area contributed by atoms with Gasteiger partial charge in [-0.2, -0.15) is 5.10 Å². The number of fused-ring (bicyclic) bond motifs is 1. The number of rotatable bonds is 2. The molecule has 1 fully saturated rings. The Morgan fingerprint density at radius 3 is 3.00 bits per heavy atom. The second-order valence-electron chi connectivity index (χ2n) is 5.14. The van der Waals surface area contributed by atoms with Crippen LogP contribution in [0.15, 0.2) is 6.20 Å². The standard InChI is InChI=1S/C13H19N3O2/c1-15-12-3-2-10(13(17)11(12)8-14-15)9-16-4-6-18-7-5-16/h8,10H,2-7,9H2,1H3. The molecule has 18 heavy (non-hydrogen) atoms. The Labute approximate surface area is 107 Å². The van der Waals surface area contributed by atoms with E-state index in [1.54, 1.807) is 6.20 Å². The second kappa shape index (κ2) is 4.82. The van der Waals surface area contributed by atoms with Crippen LogP contribution < -0.4 is 0 Å². The Kier molecular flexibility index (Phi) is 3.18. The van der Waals surface area contributed by atoms with Crippen molar-refractivity contribution in [3.8, 4) is 0 Å². The first-order valence-electron chi connectivity index (χ1n) is 6.61. The fraction of sp³-hybridized carbons (Fsp3) is 0.692. The molecule has 2 heterocycles. The van der Waals surface area contributed by atoms with Gasteiger partial charge in [-0.05, 0) is 12.8 Å². The number of morpholine rings is 1. The number of hydrogen-bond donors (Lipinski definition) is 0. The molecule has 5 nitrogen and oxygen atoms in total. The number of ether oxygens (including phenoxy) is 1. The van der Waals surface area contributed by atoms with E-state index in [4.69, 9.17) is 4.74 Å². The van der Waals surface area contributed by atoms with Gasteiger partial charge in [0.05, 0.1) is 25.0 Å². The first-order valence-corrected chi connectivity index (χ1v) is 6.61. The van der Waals surface area contributed by atoms with Crippen LogP contribution in [0.25, 0.3) is 0 Å². The molecule has 1 unspecified atom stereocenters. The molecule has 0 N–H and O–H groups in total. The number of nitrogens with zero attached hydrogens (tertiary/aromatic N) is 3. The summed E-state index contributed by atoms with van der Waals surface area (Å²) >= 11 is 0. The van der Waals surface area contributed by atoms with Crippen LogP contribution in [0.5, 0.6) is 0 Å². The fourth-order valence-corrected chi connectivity index (χ4v) is 2.90. The highest BCUT2D eigenvalue weighted by Gasteiger charge is 2.31. The minimum atomic E-state index is 0.139. The largest absolute Gasteiger partial charge is 0.379 e.